The SMILES string of the molecule is COc1ccc(COc2ccc(-c3nc(C#N)nc4c3ncn4C)cc2C(F)(F)F)cc1. The Kier molecular flexibility index (Phi) is 5.40. The van der Waals surface area contributed by atoms with Crippen molar-refractivity contribution in [2.24, 2.45) is 7.05 Å². The van der Waals surface area contributed by atoms with Crippen LogP contribution >= 0.6 is 0 Å². The molecule has 2 heterocycles. The van der Waals surface area contributed by atoms with Crippen molar-refractivity contribution >= 4 is 11.2 Å². The van der Waals surface area contributed by atoms with Gasteiger partial charge in [0.2, 0.25) is 5.82 Å². The highest BCUT2D eigenvalue weighted by atomic mass is 19.4. The molecule has 162 valence electrons. The van der Waals surface area contributed by atoms with Gasteiger partial charge in [-0.25, -0.2) is 9.97 Å². The van der Waals surface area contributed by atoms with Crippen LogP contribution in [0.3, 0.4) is 0 Å². The van der Waals surface area contributed by atoms with Crippen molar-refractivity contribution < 1.29 is 22.6 Å². The number of halogens is 3. The van der Waals surface area contributed by atoms with Gasteiger partial charge in [0.15, 0.2) is 5.65 Å². The number of nitrogens with zero attached hydrogens (tertiary/aromatic N) is 5. The largest absolute Gasteiger partial charge is 0.497 e. The molecule has 0 aliphatic carbocycles. The molecule has 0 aliphatic rings. The first kappa shape index (κ1) is 21.1. The molecular weight excluding hydrogens is 423 g/mol. The lowest BCUT2D eigenvalue weighted by Gasteiger charge is -2.16. The molecule has 0 saturated heterocycles. The van der Waals surface area contributed by atoms with Gasteiger partial charge in [0, 0.05) is 12.6 Å². The van der Waals surface area contributed by atoms with Crippen LogP contribution < -0.4 is 9.47 Å². The summed E-state index contributed by atoms with van der Waals surface area (Å²) in [6, 6.07) is 12.3. The number of aryl methyl sites for hydroxylation is 1. The minimum absolute atomic E-state index is 0.0526. The number of hydrogen-bond donors (Lipinski definition) is 0. The molecule has 32 heavy (non-hydrogen) atoms. The van der Waals surface area contributed by atoms with Crippen LogP contribution in [0.4, 0.5) is 13.2 Å². The summed E-state index contributed by atoms with van der Waals surface area (Å²) in [6.07, 6.45) is -3.21. The second-order valence-corrected chi connectivity index (χ2v) is 6.88. The van der Waals surface area contributed by atoms with Crippen LogP contribution in [0.1, 0.15) is 17.0 Å². The van der Waals surface area contributed by atoms with E-state index in [2.05, 4.69) is 15.0 Å². The Bertz CT molecular complexity index is 1320. The van der Waals surface area contributed by atoms with Crippen LogP contribution in [0.5, 0.6) is 11.5 Å². The summed E-state index contributed by atoms with van der Waals surface area (Å²) in [5, 5.41) is 9.22. The van der Waals surface area contributed by atoms with Crippen LogP contribution in [0.15, 0.2) is 48.8 Å². The summed E-state index contributed by atoms with van der Waals surface area (Å²) >= 11 is 0. The number of methoxy groups -OCH3 is 1. The monoisotopic (exact) mass is 439 g/mol. The minimum Gasteiger partial charge on any atom is -0.497 e. The molecule has 0 fully saturated rings. The lowest BCUT2D eigenvalue weighted by molar-refractivity contribution is -0.139. The number of fused-ring (bicyclic) bond motifs is 1. The standard InChI is InChI=1S/C22H16F3N5O2/c1-30-12-27-20-19(28-18(10-26)29-21(20)30)14-5-8-17(16(9-14)22(23,24)25)32-11-13-3-6-15(31-2)7-4-13/h3-9,12H,11H2,1-2H3. The molecular formula is C22H16F3N5O2. The van der Waals surface area contributed by atoms with Gasteiger partial charge in [-0.05, 0) is 35.9 Å². The molecule has 0 bridgehead atoms. The summed E-state index contributed by atoms with van der Waals surface area (Å²) in [4.78, 5) is 12.4. The number of imidazole rings is 1. The molecule has 0 atom stereocenters. The van der Waals surface area contributed by atoms with Crippen molar-refractivity contribution in [2.75, 3.05) is 7.11 Å². The molecule has 2 aromatic carbocycles. The summed E-state index contributed by atoms with van der Waals surface area (Å²) < 4.78 is 53.6. The van der Waals surface area contributed by atoms with E-state index in [0.29, 0.717) is 22.5 Å². The normalized spacial score (nSPS) is 11.4. The smallest absolute Gasteiger partial charge is 0.419 e. The zero-order chi connectivity index (χ0) is 22.9. The molecule has 0 unspecified atom stereocenters. The van der Waals surface area contributed by atoms with E-state index in [1.165, 1.54) is 25.6 Å². The number of benzene rings is 2. The van der Waals surface area contributed by atoms with Crippen LogP contribution in [-0.4, -0.2) is 26.6 Å². The van der Waals surface area contributed by atoms with E-state index >= 15 is 0 Å². The van der Waals surface area contributed by atoms with Crippen molar-refractivity contribution in [3.8, 4) is 28.8 Å². The zero-order valence-corrected chi connectivity index (χ0v) is 17.0. The van der Waals surface area contributed by atoms with E-state index in [1.54, 1.807) is 35.9 Å². The Balaban J connectivity index is 1.73. The van der Waals surface area contributed by atoms with Gasteiger partial charge in [-0.1, -0.05) is 12.1 Å². The van der Waals surface area contributed by atoms with Crippen LogP contribution in [0.2, 0.25) is 0 Å². The van der Waals surface area contributed by atoms with Gasteiger partial charge in [0.05, 0.1) is 19.0 Å². The van der Waals surface area contributed by atoms with Crippen molar-refractivity contribution in [3.63, 3.8) is 0 Å². The van der Waals surface area contributed by atoms with Gasteiger partial charge in [-0.15, -0.1) is 0 Å². The molecule has 0 spiro atoms. The van der Waals surface area contributed by atoms with Gasteiger partial charge in [-0.2, -0.15) is 23.4 Å². The Morgan fingerprint density at radius 3 is 2.50 bits per heavy atom. The van der Waals surface area contributed by atoms with E-state index in [1.807, 2.05) is 6.07 Å². The molecule has 0 amide bonds. The highest BCUT2D eigenvalue weighted by Gasteiger charge is 2.35. The average Bonchev–Trinajstić information content (AvgIpc) is 3.17. The molecule has 0 N–H and O–H groups in total. The molecule has 4 rings (SSSR count). The maximum atomic E-state index is 13.8. The quantitative estimate of drug-likeness (QED) is 0.455. The van der Waals surface area contributed by atoms with E-state index in [0.717, 1.165) is 6.07 Å². The fourth-order valence-corrected chi connectivity index (χ4v) is 3.17. The summed E-state index contributed by atoms with van der Waals surface area (Å²) in [5.74, 6) is 0.157. The average molecular weight is 439 g/mol. The first-order valence-corrected chi connectivity index (χ1v) is 9.36. The second kappa shape index (κ2) is 8.19. The van der Waals surface area contributed by atoms with E-state index in [-0.39, 0.29) is 29.4 Å². The molecule has 4 aromatic rings. The van der Waals surface area contributed by atoms with Crippen LogP contribution in [-0.2, 0) is 19.8 Å². The molecule has 0 radical (unpaired) electrons. The number of rotatable bonds is 5. The van der Waals surface area contributed by atoms with Crippen molar-refractivity contribution in [1.29, 1.82) is 5.26 Å². The predicted molar refractivity (Wildman–Crippen MR) is 109 cm³/mol. The molecule has 7 nitrogen and oxygen atoms in total. The number of alkyl halides is 3. The van der Waals surface area contributed by atoms with Gasteiger partial charge in [0.1, 0.15) is 35.4 Å². The topological polar surface area (TPSA) is 85.8 Å². The number of ether oxygens (including phenoxy) is 2. The third-order valence-electron chi connectivity index (χ3n) is 4.77. The third-order valence-corrected chi connectivity index (χ3v) is 4.77. The van der Waals surface area contributed by atoms with E-state index in [4.69, 9.17) is 9.47 Å². The Morgan fingerprint density at radius 1 is 1.09 bits per heavy atom. The van der Waals surface area contributed by atoms with Crippen LogP contribution in [0.25, 0.3) is 22.4 Å². The fraction of sp³-hybridized carbons (Fsp3) is 0.182. The first-order valence-electron chi connectivity index (χ1n) is 9.36. The van der Waals surface area contributed by atoms with E-state index in [9.17, 15) is 18.4 Å². The highest BCUT2D eigenvalue weighted by Crippen LogP contribution is 2.39. The summed E-state index contributed by atoms with van der Waals surface area (Å²) in [6.45, 7) is -0.0526. The number of hydrogen-bond acceptors (Lipinski definition) is 6. The van der Waals surface area contributed by atoms with Crippen molar-refractivity contribution in [3.05, 3.63) is 65.7 Å². The molecule has 0 aliphatic heterocycles. The number of nitriles is 1. The van der Waals surface area contributed by atoms with Crippen LogP contribution in [0, 0.1) is 11.3 Å². The van der Waals surface area contributed by atoms with Gasteiger partial charge >= 0.3 is 6.18 Å². The fourth-order valence-electron chi connectivity index (χ4n) is 3.17. The lowest BCUT2D eigenvalue weighted by Crippen LogP contribution is -2.09. The maximum Gasteiger partial charge on any atom is 0.419 e. The molecule has 10 heteroatoms. The van der Waals surface area contributed by atoms with Gasteiger partial charge < -0.3 is 14.0 Å². The molecule has 0 saturated carbocycles. The second-order valence-electron chi connectivity index (χ2n) is 6.88. The number of aromatic nitrogens is 4. The van der Waals surface area contributed by atoms with Crippen molar-refractivity contribution in [2.45, 2.75) is 12.8 Å². The van der Waals surface area contributed by atoms with Crippen molar-refractivity contribution in [1.82, 2.24) is 19.5 Å². The van der Waals surface area contributed by atoms with Gasteiger partial charge in [0.25, 0.3) is 0 Å². The summed E-state index contributed by atoms with van der Waals surface area (Å²) in [7, 11) is 3.20. The maximum absolute atomic E-state index is 13.8. The Hall–Kier alpha value is -4.13. The summed E-state index contributed by atoms with van der Waals surface area (Å²) in [5.41, 5.74) is 0.667. The first-order chi connectivity index (χ1) is 15.3. The Morgan fingerprint density at radius 2 is 1.84 bits per heavy atom. The zero-order valence-electron chi connectivity index (χ0n) is 17.0. The third kappa shape index (κ3) is 4.05. The predicted octanol–water partition coefficient (Wildman–Crippen LogP) is 4.51. The molecule has 2 aromatic heterocycles. The Labute approximate surface area is 180 Å². The van der Waals surface area contributed by atoms with E-state index < -0.39 is 11.7 Å². The minimum atomic E-state index is -4.67. The highest BCUT2D eigenvalue weighted by molar-refractivity contribution is 5.88. The van der Waals surface area contributed by atoms with Gasteiger partial charge in [-0.3, -0.25) is 0 Å². The lowest BCUT2D eigenvalue weighted by atomic mass is 10.1.